The van der Waals surface area contributed by atoms with Gasteiger partial charge in [0.1, 0.15) is 0 Å². The van der Waals surface area contributed by atoms with Crippen LogP contribution >= 0.6 is 0 Å². The van der Waals surface area contributed by atoms with E-state index in [2.05, 4.69) is 27.4 Å². The number of benzene rings is 1. The first-order valence-electron chi connectivity index (χ1n) is 6.80. The van der Waals surface area contributed by atoms with Crippen molar-refractivity contribution in [2.24, 2.45) is 0 Å². The Hall–Kier alpha value is -1.81. The van der Waals surface area contributed by atoms with Gasteiger partial charge in [-0.15, -0.1) is 0 Å². The summed E-state index contributed by atoms with van der Waals surface area (Å²) in [6, 6.07) is 8.12. The number of aromatic nitrogens is 2. The van der Waals surface area contributed by atoms with Crippen molar-refractivity contribution in [2.45, 2.75) is 32.5 Å². The van der Waals surface area contributed by atoms with Crippen LogP contribution in [0.2, 0.25) is 0 Å². The fourth-order valence-corrected chi connectivity index (χ4v) is 2.74. The minimum atomic E-state index is -0.330. The number of hydrogen-bond acceptors (Lipinski definition) is 3. The van der Waals surface area contributed by atoms with Gasteiger partial charge in [-0.3, -0.25) is 0 Å². The van der Waals surface area contributed by atoms with Crippen molar-refractivity contribution < 1.29 is 5.11 Å². The maximum absolute atomic E-state index is 10.1. The van der Waals surface area contributed by atoms with E-state index in [9.17, 15) is 5.11 Å². The minimum Gasteiger partial charge on any atom is -0.388 e. The van der Waals surface area contributed by atoms with Gasteiger partial charge in [-0.05, 0) is 19.4 Å². The van der Waals surface area contributed by atoms with Crippen molar-refractivity contribution in [2.75, 3.05) is 11.4 Å². The smallest absolute Gasteiger partial charge is 0.0948 e. The predicted molar refractivity (Wildman–Crippen MR) is 75.0 cm³/mol. The van der Waals surface area contributed by atoms with Crippen LogP contribution < -0.4 is 4.90 Å². The van der Waals surface area contributed by atoms with Crippen LogP contribution in [0.4, 0.5) is 5.69 Å². The minimum absolute atomic E-state index is 0.330. The van der Waals surface area contributed by atoms with Crippen molar-refractivity contribution in [1.82, 2.24) is 9.55 Å². The zero-order chi connectivity index (χ0) is 13.2. The van der Waals surface area contributed by atoms with Crippen LogP contribution in [0.3, 0.4) is 0 Å². The Morgan fingerprint density at radius 3 is 3.05 bits per heavy atom. The predicted octanol–water partition coefficient (Wildman–Crippen LogP) is 2.35. The third-order valence-electron chi connectivity index (χ3n) is 3.80. The Labute approximate surface area is 113 Å². The molecule has 1 aromatic carbocycles. The molecule has 1 atom stereocenters. The highest BCUT2D eigenvalue weighted by Gasteiger charge is 2.23. The third kappa shape index (κ3) is 2.24. The number of aliphatic hydroxyl groups excluding tert-OH is 1. The van der Waals surface area contributed by atoms with E-state index in [1.54, 1.807) is 0 Å². The van der Waals surface area contributed by atoms with Crippen molar-refractivity contribution in [3.63, 3.8) is 0 Å². The van der Waals surface area contributed by atoms with Crippen LogP contribution in [0.15, 0.2) is 36.8 Å². The molecule has 19 heavy (non-hydrogen) atoms. The zero-order valence-electron chi connectivity index (χ0n) is 11.2. The van der Waals surface area contributed by atoms with Gasteiger partial charge in [0.2, 0.25) is 0 Å². The molecule has 1 unspecified atom stereocenters. The second kappa shape index (κ2) is 5.05. The van der Waals surface area contributed by atoms with Gasteiger partial charge >= 0.3 is 0 Å². The van der Waals surface area contributed by atoms with Crippen molar-refractivity contribution in [1.29, 1.82) is 0 Å². The van der Waals surface area contributed by atoms with E-state index >= 15 is 0 Å². The normalized spacial score (nSPS) is 18.4. The fourth-order valence-electron chi connectivity index (χ4n) is 2.74. The summed E-state index contributed by atoms with van der Waals surface area (Å²) in [7, 11) is 0. The number of anilines is 1. The molecule has 0 fully saturated rings. The third-order valence-corrected chi connectivity index (χ3v) is 3.80. The van der Waals surface area contributed by atoms with Gasteiger partial charge in [0.05, 0.1) is 24.7 Å². The quantitative estimate of drug-likeness (QED) is 0.917. The Kier molecular flexibility index (Phi) is 3.25. The topological polar surface area (TPSA) is 41.3 Å². The SMILES string of the molecule is CCn1cncc1CN1CCC(O)c2ccccc21. The van der Waals surface area contributed by atoms with E-state index in [0.717, 1.165) is 37.3 Å². The molecule has 0 aliphatic carbocycles. The summed E-state index contributed by atoms with van der Waals surface area (Å²) in [5.74, 6) is 0. The molecule has 0 radical (unpaired) electrons. The van der Waals surface area contributed by atoms with Gasteiger partial charge in [-0.25, -0.2) is 4.98 Å². The zero-order valence-corrected chi connectivity index (χ0v) is 11.2. The molecular formula is C15H19N3O. The van der Waals surface area contributed by atoms with E-state index in [4.69, 9.17) is 0 Å². The molecule has 0 bridgehead atoms. The Morgan fingerprint density at radius 1 is 1.37 bits per heavy atom. The number of imidazole rings is 1. The highest BCUT2D eigenvalue weighted by molar-refractivity contribution is 5.56. The van der Waals surface area contributed by atoms with Gasteiger partial charge in [0.15, 0.2) is 0 Å². The summed E-state index contributed by atoms with van der Waals surface area (Å²) in [5, 5.41) is 10.1. The molecule has 0 spiro atoms. The lowest BCUT2D eigenvalue weighted by Crippen LogP contribution is -2.31. The van der Waals surface area contributed by atoms with Gasteiger partial charge < -0.3 is 14.6 Å². The molecule has 4 nitrogen and oxygen atoms in total. The average Bonchev–Trinajstić information content (AvgIpc) is 2.89. The number of nitrogens with zero attached hydrogens (tertiary/aromatic N) is 3. The molecule has 2 heterocycles. The van der Waals surface area contributed by atoms with Crippen LogP contribution in [0, 0.1) is 0 Å². The van der Waals surface area contributed by atoms with Crippen LogP contribution in [0.25, 0.3) is 0 Å². The van der Waals surface area contributed by atoms with Crippen LogP contribution in [-0.4, -0.2) is 21.2 Å². The van der Waals surface area contributed by atoms with Gasteiger partial charge in [0.25, 0.3) is 0 Å². The Morgan fingerprint density at radius 2 is 2.21 bits per heavy atom. The summed E-state index contributed by atoms with van der Waals surface area (Å²) in [6.45, 7) is 4.79. The molecule has 2 aromatic rings. The highest BCUT2D eigenvalue weighted by atomic mass is 16.3. The molecule has 100 valence electrons. The monoisotopic (exact) mass is 257 g/mol. The Balaban J connectivity index is 1.89. The average molecular weight is 257 g/mol. The lowest BCUT2D eigenvalue weighted by molar-refractivity contribution is 0.164. The van der Waals surface area contributed by atoms with Crippen LogP contribution in [0.5, 0.6) is 0 Å². The molecule has 4 heteroatoms. The van der Waals surface area contributed by atoms with Gasteiger partial charge in [-0.1, -0.05) is 18.2 Å². The molecule has 1 aliphatic rings. The number of aryl methyl sites for hydroxylation is 1. The highest BCUT2D eigenvalue weighted by Crippen LogP contribution is 2.34. The van der Waals surface area contributed by atoms with E-state index in [-0.39, 0.29) is 6.10 Å². The lowest BCUT2D eigenvalue weighted by atomic mass is 9.99. The summed E-state index contributed by atoms with van der Waals surface area (Å²) in [6.07, 6.45) is 4.26. The van der Waals surface area contributed by atoms with Crippen LogP contribution in [0.1, 0.15) is 30.7 Å². The molecule has 0 saturated carbocycles. The number of para-hydroxylation sites is 1. The van der Waals surface area contributed by atoms with E-state index in [1.165, 1.54) is 5.69 Å². The standard InChI is InChI=1S/C15H19N3O/c1-2-17-11-16-9-12(17)10-18-8-7-15(19)13-5-3-4-6-14(13)18/h3-6,9,11,15,19H,2,7-8,10H2,1H3. The molecular weight excluding hydrogens is 238 g/mol. The van der Waals surface area contributed by atoms with Crippen LogP contribution in [-0.2, 0) is 13.1 Å². The summed E-state index contributed by atoms with van der Waals surface area (Å²) in [4.78, 5) is 6.54. The largest absolute Gasteiger partial charge is 0.388 e. The number of hydrogen-bond donors (Lipinski definition) is 1. The Bertz CT molecular complexity index is 564. The molecule has 3 rings (SSSR count). The maximum Gasteiger partial charge on any atom is 0.0948 e. The number of fused-ring (bicyclic) bond motifs is 1. The molecule has 0 saturated heterocycles. The van der Waals surface area contributed by atoms with E-state index in [0.29, 0.717) is 0 Å². The summed E-state index contributed by atoms with van der Waals surface area (Å²) < 4.78 is 2.16. The molecule has 1 aromatic heterocycles. The molecule has 1 N–H and O–H groups in total. The summed E-state index contributed by atoms with van der Waals surface area (Å²) >= 11 is 0. The van der Waals surface area contributed by atoms with E-state index < -0.39 is 0 Å². The van der Waals surface area contributed by atoms with Gasteiger partial charge in [-0.2, -0.15) is 0 Å². The summed E-state index contributed by atoms with van der Waals surface area (Å²) in [5.41, 5.74) is 3.40. The maximum atomic E-state index is 10.1. The van der Waals surface area contributed by atoms with Crippen molar-refractivity contribution in [3.05, 3.63) is 48.0 Å². The van der Waals surface area contributed by atoms with E-state index in [1.807, 2.05) is 30.7 Å². The van der Waals surface area contributed by atoms with Crippen molar-refractivity contribution >= 4 is 5.69 Å². The fraction of sp³-hybridized carbons (Fsp3) is 0.400. The first-order valence-corrected chi connectivity index (χ1v) is 6.80. The number of rotatable bonds is 3. The molecule has 0 amide bonds. The first kappa shape index (κ1) is 12.2. The first-order chi connectivity index (χ1) is 9.29. The van der Waals surface area contributed by atoms with Gasteiger partial charge in [0, 0.05) is 30.5 Å². The second-order valence-corrected chi connectivity index (χ2v) is 4.96. The second-order valence-electron chi connectivity index (χ2n) is 4.96. The lowest BCUT2D eigenvalue weighted by Gasteiger charge is -2.33. The number of aliphatic hydroxyl groups is 1. The molecule has 1 aliphatic heterocycles. The van der Waals surface area contributed by atoms with Crippen molar-refractivity contribution in [3.8, 4) is 0 Å².